The number of aliphatic imine (C=N–C) groups is 1. The third kappa shape index (κ3) is 8.48. The smallest absolute Gasteiger partial charge is 0.227 e. The Morgan fingerprint density at radius 3 is 2.26 bits per heavy atom. The zero-order chi connectivity index (χ0) is 22.0. The monoisotopic (exact) mass is 545 g/mol. The normalized spacial score (nSPS) is 15.7. The number of nitrogens with one attached hydrogen (secondary N) is 3. The second kappa shape index (κ2) is 13.8. The molecule has 2 rings (SSSR count). The van der Waals surface area contributed by atoms with Crippen LogP contribution in [0.25, 0.3) is 0 Å². The summed E-state index contributed by atoms with van der Waals surface area (Å²) in [6.07, 6.45) is 2.48. The molecule has 1 heterocycles. The van der Waals surface area contributed by atoms with Gasteiger partial charge < -0.3 is 20.7 Å². The quantitative estimate of drug-likeness (QED) is 0.239. The van der Waals surface area contributed by atoms with Gasteiger partial charge in [-0.2, -0.15) is 0 Å². The maximum atomic E-state index is 12.3. The fourth-order valence-corrected chi connectivity index (χ4v) is 3.62. The molecule has 1 aromatic rings. The molecule has 1 aromatic carbocycles. The van der Waals surface area contributed by atoms with Crippen molar-refractivity contribution in [2.75, 3.05) is 46.4 Å². The van der Waals surface area contributed by atoms with Crippen LogP contribution >= 0.6 is 24.0 Å². The minimum absolute atomic E-state index is 0. The van der Waals surface area contributed by atoms with E-state index in [4.69, 9.17) is 9.73 Å². The van der Waals surface area contributed by atoms with E-state index in [1.54, 1.807) is 7.11 Å². The van der Waals surface area contributed by atoms with Crippen LogP contribution in [0.2, 0.25) is 0 Å². The molecule has 0 aromatic heterocycles. The van der Waals surface area contributed by atoms with Gasteiger partial charge in [0.15, 0.2) is 5.96 Å². The maximum Gasteiger partial charge on any atom is 0.227 e. The first-order valence-corrected chi connectivity index (χ1v) is 11.1. The van der Waals surface area contributed by atoms with E-state index in [1.165, 1.54) is 18.4 Å². The summed E-state index contributed by atoms with van der Waals surface area (Å²) in [5.41, 5.74) is 0.714. The van der Waals surface area contributed by atoms with Crippen LogP contribution in [0.1, 0.15) is 52.1 Å². The topological polar surface area (TPSA) is 78.0 Å². The van der Waals surface area contributed by atoms with Crippen molar-refractivity contribution in [3.8, 4) is 5.75 Å². The van der Waals surface area contributed by atoms with Crippen molar-refractivity contribution in [3.05, 3.63) is 29.8 Å². The van der Waals surface area contributed by atoms with Crippen LogP contribution in [-0.4, -0.2) is 63.1 Å². The summed E-state index contributed by atoms with van der Waals surface area (Å²) in [6.45, 7) is 12.6. The zero-order valence-electron chi connectivity index (χ0n) is 19.7. The molecule has 3 N–H and O–H groups in total. The summed E-state index contributed by atoms with van der Waals surface area (Å²) in [7, 11) is 1.69. The van der Waals surface area contributed by atoms with Gasteiger partial charge in [0.1, 0.15) is 5.75 Å². The average molecular weight is 546 g/mol. The highest BCUT2D eigenvalue weighted by Gasteiger charge is 2.27. The van der Waals surface area contributed by atoms with Crippen LogP contribution in [0.5, 0.6) is 5.75 Å². The van der Waals surface area contributed by atoms with E-state index in [1.807, 2.05) is 39.8 Å². The molecule has 31 heavy (non-hydrogen) atoms. The molecule has 0 spiro atoms. The van der Waals surface area contributed by atoms with Gasteiger partial charge in [-0.1, -0.05) is 12.1 Å². The molecule has 0 aliphatic carbocycles. The van der Waals surface area contributed by atoms with Gasteiger partial charge in [-0.05, 0) is 71.3 Å². The van der Waals surface area contributed by atoms with Crippen molar-refractivity contribution < 1.29 is 9.53 Å². The van der Waals surface area contributed by atoms with Gasteiger partial charge in [0.05, 0.1) is 25.1 Å². The van der Waals surface area contributed by atoms with Crippen LogP contribution < -0.4 is 20.7 Å². The molecule has 176 valence electrons. The van der Waals surface area contributed by atoms with Crippen molar-refractivity contribution in [2.24, 2.45) is 10.4 Å². The van der Waals surface area contributed by atoms with E-state index in [0.717, 1.165) is 37.9 Å². The fraction of sp³-hybridized carbons (Fsp3) is 0.652. The number of rotatable bonds is 10. The molecule has 0 radical (unpaired) electrons. The lowest BCUT2D eigenvalue weighted by Crippen LogP contribution is -2.44. The van der Waals surface area contributed by atoms with Crippen LogP contribution in [0.4, 0.5) is 0 Å². The number of guanidine groups is 1. The Morgan fingerprint density at radius 2 is 1.71 bits per heavy atom. The molecule has 1 atom stereocenters. The van der Waals surface area contributed by atoms with E-state index in [-0.39, 0.29) is 35.9 Å². The lowest BCUT2D eigenvalue weighted by atomic mass is 9.92. The van der Waals surface area contributed by atoms with E-state index in [9.17, 15) is 4.79 Å². The van der Waals surface area contributed by atoms with Gasteiger partial charge in [-0.15, -0.1) is 24.0 Å². The summed E-state index contributed by atoms with van der Waals surface area (Å²) in [5, 5.41) is 9.71. The number of benzene rings is 1. The third-order valence-corrected chi connectivity index (χ3v) is 5.47. The second-order valence-electron chi connectivity index (χ2n) is 8.35. The molecule has 8 heteroatoms. The number of methoxy groups -OCH3 is 1. The molecule has 1 aliphatic rings. The Kier molecular flexibility index (Phi) is 12.2. The van der Waals surface area contributed by atoms with Gasteiger partial charge >= 0.3 is 0 Å². The SMILES string of the molecule is CCNC(=O)C(C)(C)CN=C(NCC)NCC(c1ccc(OC)cc1)N1CCCC1.I. The summed E-state index contributed by atoms with van der Waals surface area (Å²) in [6, 6.07) is 8.59. The lowest BCUT2D eigenvalue weighted by molar-refractivity contribution is -0.128. The van der Waals surface area contributed by atoms with Crippen LogP contribution in [0.15, 0.2) is 29.3 Å². The Bertz CT molecular complexity index is 688. The first-order chi connectivity index (χ1) is 14.4. The highest BCUT2D eigenvalue weighted by atomic mass is 127. The van der Waals surface area contributed by atoms with E-state index < -0.39 is 5.41 Å². The number of carbonyl (C=O) groups excluding carboxylic acids is 1. The van der Waals surface area contributed by atoms with Gasteiger partial charge in [0, 0.05) is 19.6 Å². The molecule has 1 amide bonds. The number of likely N-dealkylation sites (tertiary alicyclic amines) is 1. The highest BCUT2D eigenvalue weighted by Crippen LogP contribution is 2.26. The molecular formula is C23H40IN5O2. The van der Waals surface area contributed by atoms with Gasteiger partial charge in [0.25, 0.3) is 0 Å². The van der Waals surface area contributed by atoms with Crippen LogP contribution in [0.3, 0.4) is 0 Å². The summed E-state index contributed by atoms with van der Waals surface area (Å²) < 4.78 is 5.31. The van der Waals surface area contributed by atoms with Crippen LogP contribution in [0, 0.1) is 5.41 Å². The van der Waals surface area contributed by atoms with Crippen molar-refractivity contribution >= 4 is 35.8 Å². The fourth-order valence-electron chi connectivity index (χ4n) is 3.62. The molecule has 0 saturated carbocycles. The zero-order valence-corrected chi connectivity index (χ0v) is 22.0. The number of halogens is 1. The predicted octanol–water partition coefficient (Wildman–Crippen LogP) is 3.17. The average Bonchev–Trinajstić information content (AvgIpc) is 3.27. The molecule has 0 bridgehead atoms. The minimum Gasteiger partial charge on any atom is -0.497 e. The van der Waals surface area contributed by atoms with E-state index in [2.05, 4.69) is 33.0 Å². The van der Waals surface area contributed by atoms with Crippen molar-refractivity contribution in [1.29, 1.82) is 0 Å². The Balaban J connectivity index is 0.00000480. The third-order valence-electron chi connectivity index (χ3n) is 5.47. The predicted molar refractivity (Wildman–Crippen MR) is 138 cm³/mol. The summed E-state index contributed by atoms with van der Waals surface area (Å²) in [5.74, 6) is 1.64. The molecular weight excluding hydrogens is 505 g/mol. The highest BCUT2D eigenvalue weighted by molar-refractivity contribution is 14.0. The van der Waals surface area contributed by atoms with E-state index >= 15 is 0 Å². The Labute approximate surface area is 204 Å². The lowest BCUT2D eigenvalue weighted by Gasteiger charge is -2.29. The standard InChI is InChI=1S/C23H39N5O2.HI/c1-6-24-21(29)23(3,4)17-27-22(25-7-2)26-16-20(28-14-8-9-15-28)18-10-12-19(30-5)13-11-18;/h10-13,20H,6-9,14-17H2,1-5H3,(H,24,29)(H2,25,26,27);1H. The molecule has 7 nitrogen and oxygen atoms in total. The van der Waals surface area contributed by atoms with Crippen molar-refractivity contribution in [1.82, 2.24) is 20.9 Å². The molecule has 1 aliphatic heterocycles. The van der Waals surface area contributed by atoms with Crippen LogP contribution in [-0.2, 0) is 4.79 Å². The van der Waals surface area contributed by atoms with Crippen molar-refractivity contribution in [3.63, 3.8) is 0 Å². The summed E-state index contributed by atoms with van der Waals surface area (Å²) >= 11 is 0. The second-order valence-corrected chi connectivity index (χ2v) is 8.35. The van der Waals surface area contributed by atoms with Crippen molar-refractivity contribution in [2.45, 2.75) is 46.6 Å². The first-order valence-electron chi connectivity index (χ1n) is 11.1. The van der Waals surface area contributed by atoms with Gasteiger partial charge in [0.2, 0.25) is 5.91 Å². The number of amides is 1. The Hall–Kier alpha value is -1.55. The largest absolute Gasteiger partial charge is 0.497 e. The number of nitrogens with zero attached hydrogens (tertiary/aromatic N) is 2. The Morgan fingerprint density at radius 1 is 1.10 bits per heavy atom. The number of carbonyl (C=O) groups is 1. The number of ether oxygens (including phenoxy) is 1. The number of hydrogen-bond acceptors (Lipinski definition) is 4. The van der Waals surface area contributed by atoms with Gasteiger partial charge in [-0.3, -0.25) is 14.7 Å². The first kappa shape index (κ1) is 27.5. The molecule has 1 unspecified atom stereocenters. The summed E-state index contributed by atoms with van der Waals surface area (Å²) in [4.78, 5) is 19.5. The number of hydrogen-bond donors (Lipinski definition) is 3. The maximum absolute atomic E-state index is 12.3. The molecule has 1 saturated heterocycles. The van der Waals surface area contributed by atoms with E-state index in [0.29, 0.717) is 13.1 Å². The molecule has 1 fully saturated rings. The van der Waals surface area contributed by atoms with Gasteiger partial charge in [-0.25, -0.2) is 0 Å². The minimum atomic E-state index is -0.553.